The van der Waals surface area contributed by atoms with Crippen molar-refractivity contribution >= 4 is 5.71 Å². The summed E-state index contributed by atoms with van der Waals surface area (Å²) >= 11 is 0. The quantitative estimate of drug-likeness (QED) is 0.778. The third-order valence-corrected chi connectivity index (χ3v) is 5.09. The second-order valence-corrected chi connectivity index (χ2v) is 7.55. The fourth-order valence-electron chi connectivity index (χ4n) is 3.62. The van der Waals surface area contributed by atoms with Crippen LogP contribution in [0.1, 0.15) is 47.5 Å². The molecule has 24 heavy (non-hydrogen) atoms. The average Bonchev–Trinajstić information content (AvgIpc) is 2.89. The van der Waals surface area contributed by atoms with Gasteiger partial charge in [-0.1, -0.05) is 6.08 Å². The lowest BCUT2D eigenvalue weighted by Gasteiger charge is -2.52. The Kier molecular flexibility index (Phi) is 5.45. The normalized spacial score (nSPS) is 37.5. The van der Waals surface area contributed by atoms with E-state index in [0.29, 0.717) is 12.3 Å². The standard InChI is InChI=1S/C18H32N2O4/c1-8-17(5,21)18(6)15(13(2)23-16(3,4)24-18)19-20-11-9-10-14(20)12-22-7/h8,13-14,21H,1,9-12H2,2-7H3/t13-,14-,17?,18+/m1/s1. The third kappa shape index (κ3) is 3.52. The van der Waals surface area contributed by atoms with Crippen molar-refractivity contribution < 1.29 is 19.3 Å². The molecule has 138 valence electrons. The molecule has 2 aliphatic rings. The van der Waals surface area contributed by atoms with Crippen molar-refractivity contribution in [2.45, 2.75) is 76.6 Å². The number of hydrazone groups is 1. The largest absolute Gasteiger partial charge is 0.383 e. The van der Waals surface area contributed by atoms with E-state index in [1.54, 1.807) is 14.0 Å². The molecule has 2 saturated heterocycles. The molecule has 0 aromatic carbocycles. The fraction of sp³-hybridized carbons (Fsp3) is 0.833. The average molecular weight is 340 g/mol. The molecule has 2 fully saturated rings. The lowest BCUT2D eigenvalue weighted by Crippen LogP contribution is -2.67. The highest BCUT2D eigenvalue weighted by Gasteiger charge is 2.56. The number of hydrogen-bond donors (Lipinski definition) is 1. The first kappa shape index (κ1) is 19.4. The van der Waals surface area contributed by atoms with Crippen LogP contribution < -0.4 is 0 Å². The maximum Gasteiger partial charge on any atom is 0.165 e. The van der Waals surface area contributed by atoms with E-state index in [1.165, 1.54) is 6.08 Å². The summed E-state index contributed by atoms with van der Waals surface area (Å²) in [5.41, 5.74) is -1.64. The Morgan fingerprint density at radius 1 is 1.50 bits per heavy atom. The summed E-state index contributed by atoms with van der Waals surface area (Å²) in [4.78, 5) is 0. The van der Waals surface area contributed by atoms with Gasteiger partial charge in [0.25, 0.3) is 0 Å². The highest BCUT2D eigenvalue weighted by Crippen LogP contribution is 2.40. The van der Waals surface area contributed by atoms with Gasteiger partial charge < -0.3 is 19.3 Å². The molecule has 0 radical (unpaired) electrons. The van der Waals surface area contributed by atoms with E-state index < -0.39 is 17.0 Å². The Morgan fingerprint density at radius 2 is 2.17 bits per heavy atom. The molecule has 6 heteroatoms. The molecular weight excluding hydrogens is 308 g/mol. The van der Waals surface area contributed by atoms with Gasteiger partial charge in [0.05, 0.1) is 12.6 Å². The molecular formula is C18H32N2O4. The van der Waals surface area contributed by atoms with Gasteiger partial charge in [-0.25, -0.2) is 0 Å². The monoisotopic (exact) mass is 340 g/mol. The SMILES string of the molecule is C=CC(C)(O)[C@@]1(C)OC(C)(C)O[C@H](C)C1=NN1CCC[C@@H]1COC. The Morgan fingerprint density at radius 3 is 2.75 bits per heavy atom. The van der Waals surface area contributed by atoms with Crippen molar-refractivity contribution in [1.29, 1.82) is 0 Å². The molecule has 0 aromatic rings. The van der Waals surface area contributed by atoms with Gasteiger partial charge in [0.1, 0.15) is 23.0 Å². The van der Waals surface area contributed by atoms with Gasteiger partial charge >= 0.3 is 0 Å². The van der Waals surface area contributed by atoms with Crippen molar-refractivity contribution in [2.24, 2.45) is 5.10 Å². The van der Waals surface area contributed by atoms with Crippen LogP contribution in [0.5, 0.6) is 0 Å². The minimum absolute atomic E-state index is 0.238. The molecule has 2 rings (SSSR count). The first-order valence-corrected chi connectivity index (χ1v) is 8.65. The molecule has 0 spiro atoms. The molecule has 0 amide bonds. The molecule has 0 bridgehead atoms. The van der Waals surface area contributed by atoms with Crippen molar-refractivity contribution in [3.63, 3.8) is 0 Å². The van der Waals surface area contributed by atoms with Crippen LogP contribution in [0.3, 0.4) is 0 Å². The second kappa shape index (κ2) is 6.75. The van der Waals surface area contributed by atoms with Crippen molar-refractivity contribution in [3.05, 3.63) is 12.7 Å². The van der Waals surface area contributed by atoms with E-state index in [2.05, 4.69) is 6.58 Å². The first-order valence-electron chi connectivity index (χ1n) is 8.65. The third-order valence-electron chi connectivity index (χ3n) is 5.09. The lowest BCUT2D eigenvalue weighted by molar-refractivity contribution is -0.303. The van der Waals surface area contributed by atoms with Crippen molar-refractivity contribution in [3.8, 4) is 0 Å². The maximum atomic E-state index is 10.9. The highest BCUT2D eigenvalue weighted by atomic mass is 16.7. The van der Waals surface area contributed by atoms with Crippen LogP contribution in [0.25, 0.3) is 0 Å². The van der Waals surface area contributed by atoms with Crippen LogP contribution in [0.2, 0.25) is 0 Å². The summed E-state index contributed by atoms with van der Waals surface area (Å²) in [6, 6.07) is 0.238. The Bertz CT molecular complexity index is 503. The number of methoxy groups -OCH3 is 1. The van der Waals surface area contributed by atoms with E-state index in [9.17, 15) is 5.11 Å². The number of rotatable bonds is 5. The van der Waals surface area contributed by atoms with Gasteiger partial charge in [-0.3, -0.25) is 5.01 Å². The number of nitrogens with zero attached hydrogens (tertiary/aromatic N) is 2. The second-order valence-electron chi connectivity index (χ2n) is 7.55. The summed E-state index contributed by atoms with van der Waals surface area (Å²) in [6.07, 6.45) is 3.34. The van der Waals surface area contributed by atoms with Gasteiger partial charge in [0, 0.05) is 13.7 Å². The van der Waals surface area contributed by atoms with Crippen LogP contribution >= 0.6 is 0 Å². The minimum Gasteiger partial charge on any atom is -0.383 e. The molecule has 1 unspecified atom stereocenters. The molecule has 2 heterocycles. The van der Waals surface area contributed by atoms with E-state index >= 15 is 0 Å². The van der Waals surface area contributed by atoms with Gasteiger partial charge in [0.2, 0.25) is 0 Å². The molecule has 6 nitrogen and oxygen atoms in total. The first-order chi connectivity index (χ1) is 11.1. The summed E-state index contributed by atoms with van der Waals surface area (Å²) in [6.45, 7) is 14.5. The molecule has 1 N–H and O–H groups in total. The zero-order valence-electron chi connectivity index (χ0n) is 15.8. The molecule has 2 aliphatic heterocycles. The fourth-order valence-corrected chi connectivity index (χ4v) is 3.62. The van der Waals surface area contributed by atoms with E-state index in [1.807, 2.05) is 32.7 Å². The lowest BCUT2D eigenvalue weighted by atomic mass is 9.78. The zero-order chi connectivity index (χ0) is 18.2. The van der Waals surface area contributed by atoms with Crippen LogP contribution in [-0.4, -0.2) is 65.2 Å². The van der Waals surface area contributed by atoms with Crippen LogP contribution in [0.4, 0.5) is 0 Å². The molecule has 0 aromatic heterocycles. The van der Waals surface area contributed by atoms with Gasteiger partial charge in [-0.15, -0.1) is 6.58 Å². The summed E-state index contributed by atoms with van der Waals surface area (Å²) in [5, 5.41) is 17.8. The minimum atomic E-state index is -1.28. The molecule has 4 atom stereocenters. The van der Waals surface area contributed by atoms with E-state index in [0.717, 1.165) is 19.4 Å². The van der Waals surface area contributed by atoms with Gasteiger partial charge in [-0.2, -0.15) is 5.10 Å². The van der Waals surface area contributed by atoms with Gasteiger partial charge in [-0.05, 0) is 47.5 Å². The zero-order valence-corrected chi connectivity index (χ0v) is 15.8. The highest BCUT2D eigenvalue weighted by molar-refractivity contribution is 5.97. The Hall–Kier alpha value is -0.950. The number of hydrogen-bond acceptors (Lipinski definition) is 6. The van der Waals surface area contributed by atoms with Crippen LogP contribution in [0, 0.1) is 0 Å². The predicted molar refractivity (Wildman–Crippen MR) is 94.0 cm³/mol. The smallest absolute Gasteiger partial charge is 0.165 e. The van der Waals surface area contributed by atoms with Crippen molar-refractivity contribution in [1.82, 2.24) is 5.01 Å². The number of aliphatic hydroxyl groups is 1. The van der Waals surface area contributed by atoms with Crippen LogP contribution in [-0.2, 0) is 14.2 Å². The Labute approximate surface area is 145 Å². The summed E-state index contributed by atoms with van der Waals surface area (Å²) in [5.74, 6) is -0.822. The van der Waals surface area contributed by atoms with E-state index in [4.69, 9.17) is 19.3 Å². The Balaban J connectivity index is 2.43. The number of ether oxygens (including phenoxy) is 3. The maximum absolute atomic E-state index is 10.9. The predicted octanol–water partition coefficient (Wildman–Crippen LogP) is 2.32. The van der Waals surface area contributed by atoms with Gasteiger partial charge in [0.15, 0.2) is 5.79 Å². The van der Waals surface area contributed by atoms with Crippen molar-refractivity contribution in [2.75, 3.05) is 20.3 Å². The topological polar surface area (TPSA) is 63.5 Å². The molecule has 0 aliphatic carbocycles. The summed E-state index contributed by atoms with van der Waals surface area (Å²) < 4.78 is 17.5. The summed E-state index contributed by atoms with van der Waals surface area (Å²) in [7, 11) is 1.70. The van der Waals surface area contributed by atoms with Crippen LogP contribution in [0.15, 0.2) is 17.8 Å². The molecule has 0 saturated carbocycles. The van der Waals surface area contributed by atoms with E-state index in [-0.39, 0.29) is 12.1 Å².